The van der Waals surface area contributed by atoms with Gasteiger partial charge in [0, 0.05) is 6.54 Å². The smallest absolute Gasteiger partial charge is 0.126 e. The minimum Gasteiger partial charge on any atom is -0.316 e. The van der Waals surface area contributed by atoms with Gasteiger partial charge in [0.1, 0.15) is 5.82 Å². The van der Waals surface area contributed by atoms with Crippen LogP contribution in [0.4, 0.5) is 4.39 Å². The van der Waals surface area contributed by atoms with Crippen LogP contribution in [0, 0.1) is 18.7 Å². The average molecular weight is 223 g/mol. The normalized spacial score (nSPS) is 13.1. The van der Waals surface area contributed by atoms with Gasteiger partial charge in [0.15, 0.2) is 0 Å². The topological polar surface area (TPSA) is 12.0 Å². The number of hydrogen-bond donors (Lipinski definition) is 1. The van der Waals surface area contributed by atoms with Crippen LogP contribution < -0.4 is 5.32 Å². The van der Waals surface area contributed by atoms with Crippen LogP contribution in [0.1, 0.15) is 37.8 Å². The molecule has 1 nitrogen and oxygen atoms in total. The van der Waals surface area contributed by atoms with Gasteiger partial charge in [-0.1, -0.05) is 32.9 Å². The highest BCUT2D eigenvalue weighted by Crippen LogP contribution is 2.17. The maximum atomic E-state index is 13.4. The summed E-state index contributed by atoms with van der Waals surface area (Å²) < 4.78 is 13.4. The van der Waals surface area contributed by atoms with Gasteiger partial charge in [0.2, 0.25) is 0 Å². The Morgan fingerprint density at radius 1 is 1.19 bits per heavy atom. The molecule has 0 bridgehead atoms. The first-order chi connectivity index (χ1) is 7.50. The van der Waals surface area contributed by atoms with Crippen LogP contribution in [0.25, 0.3) is 0 Å². The van der Waals surface area contributed by atoms with E-state index in [1.165, 1.54) is 0 Å². The fourth-order valence-electron chi connectivity index (χ4n) is 1.62. The summed E-state index contributed by atoms with van der Waals surface area (Å²) in [6.07, 6.45) is 0. The van der Waals surface area contributed by atoms with Crippen molar-refractivity contribution in [2.45, 2.75) is 33.6 Å². The largest absolute Gasteiger partial charge is 0.316 e. The van der Waals surface area contributed by atoms with Gasteiger partial charge >= 0.3 is 0 Å². The molecule has 16 heavy (non-hydrogen) atoms. The van der Waals surface area contributed by atoms with Crippen LogP contribution in [0.5, 0.6) is 0 Å². The zero-order valence-corrected chi connectivity index (χ0v) is 10.7. The van der Waals surface area contributed by atoms with Crippen molar-refractivity contribution in [2.24, 2.45) is 5.92 Å². The summed E-state index contributed by atoms with van der Waals surface area (Å²) in [4.78, 5) is 0. The number of hydrogen-bond acceptors (Lipinski definition) is 1. The van der Waals surface area contributed by atoms with Gasteiger partial charge in [0.25, 0.3) is 0 Å². The maximum Gasteiger partial charge on any atom is 0.126 e. The van der Waals surface area contributed by atoms with Gasteiger partial charge in [-0.25, -0.2) is 4.39 Å². The Morgan fingerprint density at radius 2 is 1.88 bits per heavy atom. The number of rotatable bonds is 5. The molecule has 0 spiro atoms. The van der Waals surface area contributed by atoms with Crippen LogP contribution in [0.3, 0.4) is 0 Å². The molecule has 90 valence electrons. The molecule has 0 saturated heterocycles. The van der Waals surface area contributed by atoms with E-state index >= 15 is 0 Å². The monoisotopic (exact) mass is 223 g/mol. The molecule has 1 rings (SSSR count). The lowest BCUT2D eigenvalue weighted by Gasteiger charge is -2.14. The van der Waals surface area contributed by atoms with Crippen molar-refractivity contribution in [1.82, 2.24) is 5.32 Å². The van der Waals surface area contributed by atoms with Crippen molar-refractivity contribution in [2.75, 3.05) is 13.1 Å². The van der Waals surface area contributed by atoms with E-state index in [0.29, 0.717) is 17.4 Å². The molecule has 0 heterocycles. The van der Waals surface area contributed by atoms with Gasteiger partial charge in [-0.3, -0.25) is 0 Å². The van der Waals surface area contributed by atoms with Gasteiger partial charge in [0.05, 0.1) is 0 Å². The van der Waals surface area contributed by atoms with Crippen molar-refractivity contribution >= 4 is 0 Å². The number of halogens is 1. The Balaban J connectivity index is 2.52. The van der Waals surface area contributed by atoms with E-state index in [9.17, 15) is 4.39 Å². The molecule has 0 aliphatic carbocycles. The van der Waals surface area contributed by atoms with Crippen LogP contribution in [0.15, 0.2) is 18.2 Å². The van der Waals surface area contributed by atoms with E-state index in [-0.39, 0.29) is 5.82 Å². The summed E-state index contributed by atoms with van der Waals surface area (Å²) in [5.41, 5.74) is 1.78. The molecular weight excluding hydrogens is 201 g/mol. The molecule has 1 aromatic rings. The lowest BCUT2D eigenvalue weighted by Crippen LogP contribution is -2.24. The minimum atomic E-state index is -0.104. The molecule has 1 atom stereocenters. The summed E-state index contributed by atoms with van der Waals surface area (Å²) in [6, 6.07) is 5.51. The molecule has 0 fully saturated rings. The van der Waals surface area contributed by atoms with Crippen molar-refractivity contribution in [3.63, 3.8) is 0 Å². The molecule has 0 aliphatic heterocycles. The molecule has 0 aliphatic rings. The number of benzene rings is 1. The van der Waals surface area contributed by atoms with E-state index in [4.69, 9.17) is 0 Å². The average Bonchev–Trinajstić information content (AvgIpc) is 2.21. The predicted molar refractivity (Wildman–Crippen MR) is 67.3 cm³/mol. The first-order valence-corrected chi connectivity index (χ1v) is 5.97. The Kier molecular flexibility index (Phi) is 4.94. The zero-order chi connectivity index (χ0) is 12.1. The SMILES string of the molecule is Cc1ccc(C(C)CNCC(C)C)cc1F. The van der Waals surface area contributed by atoms with Crippen molar-refractivity contribution in [1.29, 1.82) is 0 Å². The van der Waals surface area contributed by atoms with Gasteiger partial charge in [-0.2, -0.15) is 0 Å². The van der Waals surface area contributed by atoms with E-state index in [0.717, 1.165) is 18.7 Å². The summed E-state index contributed by atoms with van der Waals surface area (Å²) in [5.74, 6) is 0.906. The molecule has 0 saturated carbocycles. The summed E-state index contributed by atoms with van der Waals surface area (Å²) >= 11 is 0. The van der Waals surface area contributed by atoms with Crippen LogP contribution in [-0.4, -0.2) is 13.1 Å². The summed E-state index contributed by atoms with van der Waals surface area (Å²) in [6.45, 7) is 10.2. The first kappa shape index (κ1) is 13.2. The summed E-state index contributed by atoms with van der Waals surface area (Å²) in [5, 5.41) is 3.39. The predicted octanol–water partition coefficient (Wildman–Crippen LogP) is 3.48. The van der Waals surface area contributed by atoms with Crippen molar-refractivity contribution < 1.29 is 4.39 Å². The van der Waals surface area contributed by atoms with Gasteiger partial charge in [-0.05, 0) is 42.5 Å². The molecule has 1 N–H and O–H groups in total. The third kappa shape index (κ3) is 3.93. The van der Waals surface area contributed by atoms with Crippen LogP contribution >= 0.6 is 0 Å². The molecule has 2 heteroatoms. The second-order valence-corrected chi connectivity index (χ2v) is 4.96. The summed E-state index contributed by atoms with van der Waals surface area (Å²) in [7, 11) is 0. The van der Waals surface area contributed by atoms with Gasteiger partial charge < -0.3 is 5.32 Å². The fourth-order valence-corrected chi connectivity index (χ4v) is 1.62. The highest BCUT2D eigenvalue weighted by Gasteiger charge is 2.07. The second kappa shape index (κ2) is 6.00. The Hall–Kier alpha value is -0.890. The standard InChI is InChI=1S/C14H22FN/c1-10(2)8-16-9-12(4)13-6-5-11(3)14(15)7-13/h5-7,10,12,16H,8-9H2,1-4H3. The number of nitrogens with one attached hydrogen (secondary N) is 1. The third-order valence-corrected chi connectivity index (χ3v) is 2.77. The highest BCUT2D eigenvalue weighted by molar-refractivity contribution is 5.25. The minimum absolute atomic E-state index is 0.104. The van der Waals surface area contributed by atoms with E-state index in [2.05, 4.69) is 26.1 Å². The van der Waals surface area contributed by atoms with E-state index in [1.54, 1.807) is 13.0 Å². The van der Waals surface area contributed by atoms with Crippen LogP contribution in [-0.2, 0) is 0 Å². The molecule has 1 unspecified atom stereocenters. The molecule has 0 amide bonds. The first-order valence-electron chi connectivity index (χ1n) is 5.97. The molecule has 0 radical (unpaired) electrons. The molecular formula is C14H22FN. The fraction of sp³-hybridized carbons (Fsp3) is 0.571. The number of aryl methyl sites for hydroxylation is 1. The van der Waals surface area contributed by atoms with Crippen molar-refractivity contribution in [3.8, 4) is 0 Å². The Morgan fingerprint density at radius 3 is 2.44 bits per heavy atom. The zero-order valence-electron chi connectivity index (χ0n) is 10.7. The van der Waals surface area contributed by atoms with Crippen molar-refractivity contribution in [3.05, 3.63) is 35.1 Å². The third-order valence-electron chi connectivity index (χ3n) is 2.77. The highest BCUT2D eigenvalue weighted by atomic mass is 19.1. The second-order valence-electron chi connectivity index (χ2n) is 4.96. The lowest BCUT2D eigenvalue weighted by atomic mass is 9.99. The van der Waals surface area contributed by atoms with E-state index < -0.39 is 0 Å². The van der Waals surface area contributed by atoms with Gasteiger partial charge in [-0.15, -0.1) is 0 Å². The lowest BCUT2D eigenvalue weighted by molar-refractivity contribution is 0.527. The Labute approximate surface area is 98.1 Å². The van der Waals surface area contributed by atoms with E-state index in [1.807, 2.05) is 12.1 Å². The molecule has 1 aromatic carbocycles. The Bertz CT molecular complexity index is 334. The van der Waals surface area contributed by atoms with Crippen LogP contribution in [0.2, 0.25) is 0 Å². The quantitative estimate of drug-likeness (QED) is 0.805. The maximum absolute atomic E-state index is 13.4. The molecule has 0 aromatic heterocycles.